The number of hydrogen-bond acceptors (Lipinski definition) is 2. The molecule has 0 unspecified atom stereocenters. The van der Waals surface area contributed by atoms with Crippen LogP contribution in [0.25, 0.3) is 0 Å². The molecule has 0 fully saturated rings. The number of nitrogens with one attached hydrogen (secondary N) is 1. The third kappa shape index (κ3) is 2.97. The minimum absolute atomic E-state index is 1.06. The van der Waals surface area contributed by atoms with Gasteiger partial charge in [0, 0.05) is 12.2 Å². The van der Waals surface area contributed by atoms with Crippen LogP contribution in [0, 0.1) is 0 Å². The van der Waals surface area contributed by atoms with E-state index in [4.69, 9.17) is 0 Å². The van der Waals surface area contributed by atoms with Gasteiger partial charge in [0.05, 0.1) is 0 Å². The first-order valence-corrected chi connectivity index (χ1v) is 6.63. The summed E-state index contributed by atoms with van der Waals surface area (Å²) in [6.45, 7) is 3.31. The van der Waals surface area contributed by atoms with Gasteiger partial charge in [-0.25, -0.2) is 4.98 Å². The van der Waals surface area contributed by atoms with E-state index in [1.807, 2.05) is 0 Å². The Labute approximate surface area is 98.5 Å². The molecule has 0 bridgehead atoms. The van der Waals surface area contributed by atoms with E-state index in [9.17, 15) is 0 Å². The van der Waals surface area contributed by atoms with Gasteiger partial charge in [0.25, 0.3) is 0 Å². The Hall–Kier alpha value is -1.05. The average molecular weight is 218 g/mol. The third-order valence-corrected chi connectivity index (χ3v) is 3.26. The van der Waals surface area contributed by atoms with Crippen molar-refractivity contribution in [2.75, 3.05) is 11.9 Å². The molecule has 0 radical (unpaired) electrons. The van der Waals surface area contributed by atoms with Gasteiger partial charge >= 0.3 is 0 Å². The highest BCUT2D eigenvalue weighted by molar-refractivity contribution is 5.40. The van der Waals surface area contributed by atoms with Crippen LogP contribution in [0.5, 0.6) is 0 Å². The Bertz CT molecular complexity index is 334. The van der Waals surface area contributed by atoms with Crippen LogP contribution in [0.2, 0.25) is 0 Å². The zero-order valence-electron chi connectivity index (χ0n) is 10.3. The van der Waals surface area contributed by atoms with Crippen LogP contribution in [0.3, 0.4) is 0 Å². The fourth-order valence-corrected chi connectivity index (χ4v) is 2.29. The summed E-state index contributed by atoms with van der Waals surface area (Å²) in [6, 6.07) is 4.37. The summed E-state index contributed by atoms with van der Waals surface area (Å²) in [5.41, 5.74) is 2.77. The molecule has 0 aliphatic heterocycles. The highest BCUT2D eigenvalue weighted by Gasteiger charge is 2.11. The van der Waals surface area contributed by atoms with Crippen molar-refractivity contribution < 1.29 is 0 Å². The molecule has 0 saturated heterocycles. The minimum atomic E-state index is 1.06. The second-order valence-electron chi connectivity index (χ2n) is 4.64. The van der Waals surface area contributed by atoms with Crippen molar-refractivity contribution >= 4 is 5.82 Å². The van der Waals surface area contributed by atoms with Gasteiger partial charge in [0.2, 0.25) is 0 Å². The number of anilines is 1. The first kappa shape index (κ1) is 11.4. The second-order valence-corrected chi connectivity index (χ2v) is 4.64. The fraction of sp³-hybridized carbons (Fsp3) is 0.643. The van der Waals surface area contributed by atoms with Crippen molar-refractivity contribution in [3.05, 3.63) is 23.4 Å². The third-order valence-electron chi connectivity index (χ3n) is 3.26. The van der Waals surface area contributed by atoms with E-state index < -0.39 is 0 Å². The lowest BCUT2D eigenvalue weighted by Crippen LogP contribution is -2.04. The summed E-state index contributed by atoms with van der Waals surface area (Å²) in [5.74, 6) is 1.07. The molecule has 0 saturated carbocycles. The van der Waals surface area contributed by atoms with E-state index in [1.54, 1.807) is 0 Å². The van der Waals surface area contributed by atoms with Crippen LogP contribution in [0.15, 0.2) is 12.1 Å². The number of unbranched alkanes of at least 4 members (excludes halogenated alkanes) is 3. The lowest BCUT2D eigenvalue weighted by atomic mass is 10.2. The highest BCUT2D eigenvalue weighted by Crippen LogP contribution is 2.21. The van der Waals surface area contributed by atoms with Crippen LogP contribution in [0.4, 0.5) is 5.82 Å². The lowest BCUT2D eigenvalue weighted by Gasteiger charge is -2.07. The monoisotopic (exact) mass is 218 g/mol. The largest absolute Gasteiger partial charge is 0.370 e. The molecular weight excluding hydrogens is 196 g/mol. The summed E-state index contributed by atoms with van der Waals surface area (Å²) in [4.78, 5) is 4.66. The lowest BCUT2D eigenvalue weighted by molar-refractivity contribution is 0.684. The molecule has 0 aromatic carbocycles. The number of nitrogens with zero attached hydrogens (tertiary/aromatic N) is 1. The number of pyridine rings is 1. The molecule has 88 valence electrons. The number of rotatable bonds is 6. The molecule has 2 rings (SSSR count). The van der Waals surface area contributed by atoms with E-state index in [0.717, 1.165) is 12.4 Å². The molecule has 2 nitrogen and oxygen atoms in total. The van der Waals surface area contributed by atoms with E-state index in [0.29, 0.717) is 0 Å². The Morgan fingerprint density at radius 3 is 3.00 bits per heavy atom. The van der Waals surface area contributed by atoms with Crippen molar-refractivity contribution in [3.63, 3.8) is 0 Å². The van der Waals surface area contributed by atoms with Crippen molar-refractivity contribution in [1.29, 1.82) is 0 Å². The molecule has 0 amide bonds. The molecule has 16 heavy (non-hydrogen) atoms. The summed E-state index contributed by atoms with van der Waals surface area (Å²) >= 11 is 0. The molecule has 1 aromatic heterocycles. The smallest absolute Gasteiger partial charge is 0.126 e. The van der Waals surface area contributed by atoms with Crippen molar-refractivity contribution in [1.82, 2.24) is 4.98 Å². The van der Waals surface area contributed by atoms with Gasteiger partial charge in [-0.3, -0.25) is 0 Å². The van der Waals surface area contributed by atoms with Gasteiger partial charge in [0.1, 0.15) is 5.82 Å². The second kappa shape index (κ2) is 5.88. The quantitative estimate of drug-likeness (QED) is 0.738. The standard InChI is InChI=1S/C14H22N2/c1-2-3-4-5-11-15-14-10-9-12-7-6-8-13(12)16-14/h9-10H,2-8,11H2,1H3,(H,15,16). The molecule has 2 heteroatoms. The van der Waals surface area contributed by atoms with E-state index in [2.05, 4.69) is 29.4 Å². The predicted molar refractivity (Wildman–Crippen MR) is 68.9 cm³/mol. The van der Waals surface area contributed by atoms with Crippen LogP contribution < -0.4 is 5.32 Å². The zero-order chi connectivity index (χ0) is 11.2. The van der Waals surface area contributed by atoms with Crippen LogP contribution in [-0.2, 0) is 12.8 Å². The Morgan fingerprint density at radius 2 is 2.12 bits per heavy atom. The fourth-order valence-electron chi connectivity index (χ4n) is 2.29. The van der Waals surface area contributed by atoms with Gasteiger partial charge in [-0.05, 0) is 37.3 Å². The van der Waals surface area contributed by atoms with Gasteiger partial charge < -0.3 is 5.32 Å². The SMILES string of the molecule is CCCCCCNc1ccc2c(n1)CCC2. The maximum Gasteiger partial charge on any atom is 0.126 e. The van der Waals surface area contributed by atoms with Crippen LogP contribution in [0.1, 0.15) is 50.3 Å². The topological polar surface area (TPSA) is 24.9 Å². The minimum Gasteiger partial charge on any atom is -0.370 e. The first-order chi connectivity index (χ1) is 7.90. The summed E-state index contributed by atoms with van der Waals surface area (Å²) in [7, 11) is 0. The first-order valence-electron chi connectivity index (χ1n) is 6.63. The maximum absolute atomic E-state index is 4.66. The Balaban J connectivity index is 1.77. The maximum atomic E-state index is 4.66. The van der Waals surface area contributed by atoms with E-state index in [-0.39, 0.29) is 0 Å². The van der Waals surface area contributed by atoms with Gasteiger partial charge in [0.15, 0.2) is 0 Å². The molecule has 0 spiro atoms. The summed E-state index contributed by atoms with van der Waals surface area (Å²) in [6.07, 6.45) is 8.90. The summed E-state index contributed by atoms with van der Waals surface area (Å²) in [5, 5.41) is 3.42. The number of aromatic nitrogens is 1. The molecule has 1 heterocycles. The number of hydrogen-bond donors (Lipinski definition) is 1. The molecule has 0 atom stereocenters. The van der Waals surface area contributed by atoms with Crippen molar-refractivity contribution in [2.24, 2.45) is 0 Å². The highest BCUT2D eigenvalue weighted by atomic mass is 15.0. The molecule has 1 aliphatic rings. The number of aryl methyl sites for hydroxylation is 2. The molecule has 1 aromatic rings. The predicted octanol–water partition coefficient (Wildman–Crippen LogP) is 3.56. The van der Waals surface area contributed by atoms with Gasteiger partial charge in [-0.1, -0.05) is 32.3 Å². The molecule has 1 aliphatic carbocycles. The van der Waals surface area contributed by atoms with E-state index >= 15 is 0 Å². The normalized spacial score (nSPS) is 13.8. The van der Waals surface area contributed by atoms with Crippen LogP contribution >= 0.6 is 0 Å². The number of fused-ring (bicyclic) bond motifs is 1. The average Bonchev–Trinajstić information content (AvgIpc) is 2.76. The Kier molecular flexibility index (Phi) is 4.20. The van der Waals surface area contributed by atoms with Gasteiger partial charge in [-0.2, -0.15) is 0 Å². The van der Waals surface area contributed by atoms with E-state index in [1.165, 1.54) is 56.2 Å². The summed E-state index contributed by atoms with van der Waals surface area (Å²) < 4.78 is 0. The van der Waals surface area contributed by atoms with Crippen molar-refractivity contribution in [2.45, 2.75) is 51.9 Å². The zero-order valence-corrected chi connectivity index (χ0v) is 10.3. The Morgan fingerprint density at radius 1 is 1.19 bits per heavy atom. The van der Waals surface area contributed by atoms with Crippen LogP contribution in [-0.4, -0.2) is 11.5 Å². The van der Waals surface area contributed by atoms with Gasteiger partial charge in [-0.15, -0.1) is 0 Å². The molecule has 1 N–H and O–H groups in total. The molecular formula is C14H22N2. The van der Waals surface area contributed by atoms with Crippen molar-refractivity contribution in [3.8, 4) is 0 Å².